The standard InChI is InChI=1S/C16H29N3/c1-14(2)10-8-6-5-7-9-11-16(19-17)13-18-12-15(3)4/h13-15,17-18H,5-7,9,11-12H2,1-4H3/b16-13-,19-17?. The first-order valence-electron chi connectivity index (χ1n) is 7.34. The quantitative estimate of drug-likeness (QED) is 0.353. The topological polar surface area (TPSA) is 48.2 Å². The van der Waals surface area contributed by atoms with E-state index in [1.165, 1.54) is 0 Å². The molecule has 0 aromatic carbocycles. The second kappa shape index (κ2) is 11.8. The van der Waals surface area contributed by atoms with Crippen molar-refractivity contribution in [2.75, 3.05) is 6.54 Å². The van der Waals surface area contributed by atoms with E-state index < -0.39 is 0 Å². The lowest BCUT2D eigenvalue weighted by Crippen LogP contribution is -2.13. The van der Waals surface area contributed by atoms with E-state index in [9.17, 15) is 0 Å². The van der Waals surface area contributed by atoms with Crippen LogP contribution in [-0.2, 0) is 0 Å². The third-order valence-electron chi connectivity index (χ3n) is 2.56. The minimum atomic E-state index is 0.476. The van der Waals surface area contributed by atoms with Gasteiger partial charge < -0.3 is 5.32 Å². The fourth-order valence-corrected chi connectivity index (χ4v) is 1.55. The highest BCUT2D eigenvalue weighted by atomic mass is 15.0. The van der Waals surface area contributed by atoms with Crippen molar-refractivity contribution in [3.63, 3.8) is 0 Å². The summed E-state index contributed by atoms with van der Waals surface area (Å²) in [6.45, 7) is 9.49. The Hall–Kier alpha value is -1.30. The molecule has 0 saturated carbocycles. The first-order valence-corrected chi connectivity index (χ1v) is 7.34. The van der Waals surface area contributed by atoms with Gasteiger partial charge in [0.25, 0.3) is 0 Å². The monoisotopic (exact) mass is 263 g/mol. The van der Waals surface area contributed by atoms with E-state index in [1.54, 1.807) is 0 Å². The Labute approximate surface area is 118 Å². The van der Waals surface area contributed by atoms with Crippen molar-refractivity contribution in [2.24, 2.45) is 17.0 Å². The molecule has 0 aromatic heterocycles. The predicted octanol–water partition coefficient (Wildman–Crippen LogP) is 4.71. The maximum atomic E-state index is 7.13. The molecule has 0 aliphatic rings. The molecule has 0 amide bonds. The van der Waals surface area contributed by atoms with Crippen LogP contribution in [-0.4, -0.2) is 6.54 Å². The molecular formula is C16H29N3. The number of allylic oxidation sites excluding steroid dienone is 1. The highest BCUT2D eigenvalue weighted by molar-refractivity contribution is 5.01. The van der Waals surface area contributed by atoms with Gasteiger partial charge in [-0.3, -0.25) is 0 Å². The summed E-state index contributed by atoms with van der Waals surface area (Å²) in [7, 11) is 0. The lowest BCUT2D eigenvalue weighted by molar-refractivity contribution is 0.605. The summed E-state index contributed by atoms with van der Waals surface area (Å²) in [6.07, 6.45) is 7.13. The average molecular weight is 263 g/mol. The van der Waals surface area contributed by atoms with Crippen molar-refractivity contribution in [1.29, 1.82) is 5.53 Å². The minimum absolute atomic E-state index is 0.476. The van der Waals surface area contributed by atoms with E-state index >= 15 is 0 Å². The van der Waals surface area contributed by atoms with Gasteiger partial charge in [0.1, 0.15) is 0 Å². The molecule has 0 radical (unpaired) electrons. The van der Waals surface area contributed by atoms with Gasteiger partial charge in [-0.15, -0.1) is 11.8 Å². The molecule has 0 aliphatic heterocycles. The van der Waals surface area contributed by atoms with Crippen LogP contribution in [0.25, 0.3) is 0 Å². The predicted molar refractivity (Wildman–Crippen MR) is 81.8 cm³/mol. The zero-order valence-corrected chi connectivity index (χ0v) is 12.9. The maximum Gasteiger partial charge on any atom is 0.0779 e. The van der Waals surface area contributed by atoms with E-state index in [1.807, 2.05) is 6.20 Å². The molecule has 0 bridgehead atoms. The summed E-state index contributed by atoms with van der Waals surface area (Å²) in [5, 5.41) is 6.77. The Kier molecular flexibility index (Phi) is 11.0. The van der Waals surface area contributed by atoms with Gasteiger partial charge >= 0.3 is 0 Å². The lowest BCUT2D eigenvalue weighted by Gasteiger charge is -2.05. The van der Waals surface area contributed by atoms with Crippen LogP contribution in [0.4, 0.5) is 0 Å². The van der Waals surface area contributed by atoms with Gasteiger partial charge in [-0.2, -0.15) is 5.11 Å². The van der Waals surface area contributed by atoms with Crippen LogP contribution in [0.1, 0.15) is 59.8 Å². The summed E-state index contributed by atoms with van der Waals surface area (Å²) < 4.78 is 0. The number of nitrogens with zero attached hydrogens (tertiary/aromatic N) is 1. The van der Waals surface area contributed by atoms with E-state index in [4.69, 9.17) is 5.53 Å². The fourth-order valence-electron chi connectivity index (χ4n) is 1.55. The van der Waals surface area contributed by atoms with Crippen LogP contribution in [0.2, 0.25) is 0 Å². The van der Waals surface area contributed by atoms with Crippen LogP contribution in [0.3, 0.4) is 0 Å². The maximum absolute atomic E-state index is 7.13. The highest BCUT2D eigenvalue weighted by Crippen LogP contribution is 2.10. The first kappa shape index (κ1) is 17.7. The molecule has 0 fully saturated rings. The summed E-state index contributed by atoms with van der Waals surface area (Å²) in [5.74, 6) is 7.46. The van der Waals surface area contributed by atoms with Gasteiger partial charge in [0.2, 0.25) is 0 Å². The average Bonchev–Trinajstić information content (AvgIpc) is 2.34. The number of hydrogen-bond donors (Lipinski definition) is 2. The second-order valence-corrected chi connectivity index (χ2v) is 5.59. The highest BCUT2D eigenvalue weighted by Gasteiger charge is 1.96. The van der Waals surface area contributed by atoms with Gasteiger partial charge in [0.05, 0.1) is 5.70 Å². The van der Waals surface area contributed by atoms with E-state index in [-0.39, 0.29) is 0 Å². The first-order chi connectivity index (χ1) is 9.06. The molecule has 0 atom stereocenters. The van der Waals surface area contributed by atoms with Gasteiger partial charge in [-0.05, 0) is 25.2 Å². The molecular weight excluding hydrogens is 234 g/mol. The third kappa shape index (κ3) is 12.9. The normalized spacial score (nSPS) is 11.4. The van der Waals surface area contributed by atoms with Crippen molar-refractivity contribution in [2.45, 2.75) is 59.8 Å². The largest absolute Gasteiger partial charge is 0.389 e. The molecule has 0 heterocycles. The van der Waals surface area contributed by atoms with Gasteiger partial charge in [0.15, 0.2) is 0 Å². The Morgan fingerprint density at radius 1 is 1.21 bits per heavy atom. The molecule has 19 heavy (non-hydrogen) atoms. The SMILES string of the molecule is CC(C)C#CCCCCC/C(=C/NCC(C)C)N=N. The molecule has 0 saturated heterocycles. The molecule has 108 valence electrons. The third-order valence-corrected chi connectivity index (χ3v) is 2.56. The van der Waals surface area contributed by atoms with Crippen molar-refractivity contribution in [3.8, 4) is 11.8 Å². The Bertz CT molecular complexity index is 319. The van der Waals surface area contributed by atoms with Crippen LogP contribution >= 0.6 is 0 Å². The molecule has 0 unspecified atom stereocenters. The van der Waals surface area contributed by atoms with E-state index in [2.05, 4.69) is 50.0 Å². The Balaban J connectivity index is 3.67. The molecule has 3 nitrogen and oxygen atoms in total. The summed E-state index contributed by atoms with van der Waals surface area (Å²) in [5.41, 5.74) is 7.98. The van der Waals surface area contributed by atoms with Crippen molar-refractivity contribution in [3.05, 3.63) is 11.9 Å². The van der Waals surface area contributed by atoms with Crippen molar-refractivity contribution >= 4 is 0 Å². The smallest absolute Gasteiger partial charge is 0.0779 e. The van der Waals surface area contributed by atoms with Gasteiger partial charge in [0, 0.05) is 25.1 Å². The van der Waals surface area contributed by atoms with Crippen LogP contribution in [0.5, 0.6) is 0 Å². The second-order valence-electron chi connectivity index (χ2n) is 5.59. The van der Waals surface area contributed by atoms with E-state index in [0.29, 0.717) is 11.8 Å². The zero-order valence-electron chi connectivity index (χ0n) is 12.9. The van der Waals surface area contributed by atoms with Crippen molar-refractivity contribution < 1.29 is 0 Å². The Morgan fingerprint density at radius 3 is 2.53 bits per heavy atom. The molecule has 2 N–H and O–H groups in total. The van der Waals surface area contributed by atoms with Crippen LogP contribution < -0.4 is 5.32 Å². The van der Waals surface area contributed by atoms with Crippen LogP contribution in [0, 0.1) is 29.2 Å². The van der Waals surface area contributed by atoms with Gasteiger partial charge in [-0.1, -0.05) is 34.1 Å². The number of unbranched alkanes of at least 4 members (excludes halogenated alkanes) is 3. The zero-order chi connectivity index (χ0) is 14.5. The molecule has 0 aromatic rings. The molecule has 3 heteroatoms. The summed E-state index contributed by atoms with van der Waals surface area (Å²) in [4.78, 5) is 0. The molecule has 0 spiro atoms. The fraction of sp³-hybridized carbons (Fsp3) is 0.750. The van der Waals surface area contributed by atoms with Crippen LogP contribution in [0.15, 0.2) is 17.0 Å². The number of rotatable bonds is 9. The number of nitrogens with one attached hydrogen (secondary N) is 2. The summed E-state index contributed by atoms with van der Waals surface area (Å²) >= 11 is 0. The van der Waals surface area contributed by atoms with Crippen molar-refractivity contribution in [1.82, 2.24) is 5.32 Å². The van der Waals surface area contributed by atoms with E-state index in [0.717, 1.165) is 44.3 Å². The lowest BCUT2D eigenvalue weighted by atomic mass is 10.1. The van der Waals surface area contributed by atoms with Gasteiger partial charge in [-0.25, -0.2) is 5.53 Å². The Morgan fingerprint density at radius 2 is 1.95 bits per heavy atom. The molecule has 0 rings (SSSR count). The minimum Gasteiger partial charge on any atom is -0.389 e. The molecule has 0 aliphatic carbocycles. The number of hydrogen-bond acceptors (Lipinski definition) is 3. The summed E-state index contributed by atoms with van der Waals surface area (Å²) in [6, 6.07) is 0.